The van der Waals surface area contributed by atoms with Crippen molar-refractivity contribution in [1.82, 2.24) is 0 Å². The van der Waals surface area contributed by atoms with Crippen LogP contribution in [-0.2, 0) is 0 Å². The van der Waals surface area contributed by atoms with Crippen LogP contribution in [-0.4, -0.2) is 12.6 Å². The smallest absolute Gasteiger partial charge is 0.101 e. The number of nitrogens with two attached hydrogens (primary N) is 1. The van der Waals surface area contributed by atoms with Gasteiger partial charge in [0.2, 0.25) is 0 Å². The van der Waals surface area contributed by atoms with Crippen molar-refractivity contribution in [3.05, 3.63) is 23.8 Å². The molecule has 0 aliphatic carbocycles. The SMILES string of the molecule is CC1CCCN1c1cccc(C#N)c1N. The second-order valence-corrected chi connectivity index (χ2v) is 4.03. The van der Waals surface area contributed by atoms with Crippen molar-refractivity contribution in [2.24, 2.45) is 0 Å². The second-order valence-electron chi connectivity index (χ2n) is 4.03. The molecule has 78 valence electrons. The Labute approximate surface area is 90.1 Å². The number of nitriles is 1. The first-order valence-corrected chi connectivity index (χ1v) is 5.29. The Morgan fingerprint density at radius 1 is 1.53 bits per heavy atom. The standard InChI is InChI=1S/C12H15N3/c1-9-4-3-7-15(9)11-6-2-5-10(8-13)12(11)14/h2,5-6,9H,3-4,7,14H2,1H3. The van der Waals surface area contributed by atoms with Crippen molar-refractivity contribution < 1.29 is 0 Å². The van der Waals surface area contributed by atoms with Crippen LogP contribution in [0.25, 0.3) is 0 Å². The number of hydrogen-bond donors (Lipinski definition) is 1. The second kappa shape index (κ2) is 3.82. The summed E-state index contributed by atoms with van der Waals surface area (Å²) in [7, 11) is 0. The van der Waals surface area contributed by atoms with Crippen LogP contribution >= 0.6 is 0 Å². The number of para-hydroxylation sites is 1. The van der Waals surface area contributed by atoms with Crippen LogP contribution in [0, 0.1) is 11.3 Å². The fourth-order valence-corrected chi connectivity index (χ4v) is 2.19. The molecule has 1 unspecified atom stereocenters. The van der Waals surface area contributed by atoms with Gasteiger partial charge in [0.05, 0.1) is 16.9 Å². The summed E-state index contributed by atoms with van der Waals surface area (Å²) in [6, 6.07) is 8.31. The van der Waals surface area contributed by atoms with Gasteiger partial charge in [0, 0.05) is 12.6 Å². The van der Waals surface area contributed by atoms with Crippen molar-refractivity contribution in [2.45, 2.75) is 25.8 Å². The maximum Gasteiger partial charge on any atom is 0.101 e. The molecule has 0 amide bonds. The fourth-order valence-electron chi connectivity index (χ4n) is 2.19. The lowest BCUT2D eigenvalue weighted by atomic mass is 10.1. The molecule has 1 aliphatic rings. The first-order chi connectivity index (χ1) is 7.24. The molecule has 0 saturated carbocycles. The molecule has 1 saturated heterocycles. The largest absolute Gasteiger partial charge is 0.396 e. The molecule has 1 heterocycles. The first kappa shape index (κ1) is 9.85. The third-order valence-electron chi connectivity index (χ3n) is 3.07. The first-order valence-electron chi connectivity index (χ1n) is 5.29. The Balaban J connectivity index is 2.40. The number of nitrogen functional groups attached to an aromatic ring is 1. The van der Waals surface area contributed by atoms with Gasteiger partial charge in [-0.1, -0.05) is 6.07 Å². The molecule has 1 aromatic carbocycles. The Hall–Kier alpha value is -1.69. The molecule has 0 aromatic heterocycles. The van der Waals surface area contributed by atoms with E-state index in [2.05, 4.69) is 17.9 Å². The van der Waals surface area contributed by atoms with Gasteiger partial charge in [-0.2, -0.15) is 5.26 Å². The summed E-state index contributed by atoms with van der Waals surface area (Å²) in [6.07, 6.45) is 2.41. The van der Waals surface area contributed by atoms with Crippen LogP contribution in [0.15, 0.2) is 18.2 Å². The minimum atomic E-state index is 0.529. The van der Waals surface area contributed by atoms with Gasteiger partial charge in [0.15, 0.2) is 0 Å². The van der Waals surface area contributed by atoms with Crippen LogP contribution in [0.5, 0.6) is 0 Å². The lowest BCUT2D eigenvalue weighted by molar-refractivity contribution is 0.736. The number of rotatable bonds is 1. The average Bonchev–Trinajstić information content (AvgIpc) is 2.65. The van der Waals surface area contributed by atoms with Crippen molar-refractivity contribution in [1.29, 1.82) is 5.26 Å². The summed E-state index contributed by atoms with van der Waals surface area (Å²) < 4.78 is 0. The lowest BCUT2D eigenvalue weighted by Gasteiger charge is -2.25. The molecular formula is C12H15N3. The zero-order chi connectivity index (χ0) is 10.8. The number of anilines is 2. The van der Waals surface area contributed by atoms with E-state index in [1.54, 1.807) is 6.07 Å². The molecule has 0 spiro atoms. The van der Waals surface area contributed by atoms with E-state index < -0.39 is 0 Å². The summed E-state index contributed by atoms with van der Waals surface area (Å²) in [4.78, 5) is 2.29. The van der Waals surface area contributed by atoms with E-state index in [4.69, 9.17) is 11.0 Å². The average molecular weight is 201 g/mol. The molecule has 2 rings (SSSR count). The molecule has 1 fully saturated rings. The minimum absolute atomic E-state index is 0.529. The molecule has 1 aliphatic heterocycles. The molecule has 2 N–H and O–H groups in total. The predicted octanol–water partition coefficient (Wildman–Crippen LogP) is 2.13. The fraction of sp³-hybridized carbons (Fsp3) is 0.417. The van der Waals surface area contributed by atoms with Crippen molar-refractivity contribution >= 4 is 11.4 Å². The highest BCUT2D eigenvalue weighted by Gasteiger charge is 2.22. The normalized spacial score (nSPS) is 20.3. The number of nitrogens with zero attached hydrogens (tertiary/aromatic N) is 2. The summed E-state index contributed by atoms with van der Waals surface area (Å²) in [5.41, 5.74) is 8.18. The Morgan fingerprint density at radius 2 is 2.33 bits per heavy atom. The highest BCUT2D eigenvalue weighted by molar-refractivity contribution is 5.74. The van der Waals surface area contributed by atoms with E-state index in [1.807, 2.05) is 12.1 Å². The van der Waals surface area contributed by atoms with E-state index >= 15 is 0 Å². The van der Waals surface area contributed by atoms with Crippen molar-refractivity contribution in [3.8, 4) is 6.07 Å². The van der Waals surface area contributed by atoms with Gasteiger partial charge in [-0.25, -0.2) is 0 Å². The van der Waals surface area contributed by atoms with E-state index in [1.165, 1.54) is 12.8 Å². The molecule has 15 heavy (non-hydrogen) atoms. The van der Waals surface area contributed by atoms with Gasteiger partial charge in [-0.3, -0.25) is 0 Å². The summed E-state index contributed by atoms with van der Waals surface area (Å²) >= 11 is 0. The molecule has 1 atom stereocenters. The summed E-state index contributed by atoms with van der Waals surface area (Å²) in [6.45, 7) is 3.24. The Morgan fingerprint density at radius 3 is 2.93 bits per heavy atom. The van der Waals surface area contributed by atoms with E-state index in [9.17, 15) is 0 Å². The van der Waals surface area contributed by atoms with Crippen LogP contribution < -0.4 is 10.6 Å². The Kier molecular flexibility index (Phi) is 2.51. The topological polar surface area (TPSA) is 53.0 Å². The zero-order valence-corrected chi connectivity index (χ0v) is 8.90. The molecule has 3 nitrogen and oxygen atoms in total. The molecule has 1 aromatic rings. The lowest BCUT2D eigenvalue weighted by Crippen LogP contribution is -2.27. The van der Waals surface area contributed by atoms with Crippen molar-refractivity contribution in [3.63, 3.8) is 0 Å². The van der Waals surface area contributed by atoms with Gasteiger partial charge >= 0.3 is 0 Å². The third-order valence-corrected chi connectivity index (χ3v) is 3.07. The Bertz CT molecular complexity index is 406. The molecule has 3 heteroatoms. The van der Waals surface area contributed by atoms with Crippen molar-refractivity contribution in [2.75, 3.05) is 17.2 Å². The van der Waals surface area contributed by atoms with Gasteiger partial charge in [-0.05, 0) is 31.9 Å². The van der Waals surface area contributed by atoms with Crippen LogP contribution in [0.2, 0.25) is 0 Å². The van der Waals surface area contributed by atoms with Crippen LogP contribution in [0.1, 0.15) is 25.3 Å². The summed E-state index contributed by atoms with van der Waals surface area (Å²) in [5, 5.41) is 8.90. The number of hydrogen-bond acceptors (Lipinski definition) is 3. The van der Waals surface area contributed by atoms with Crippen LogP contribution in [0.3, 0.4) is 0 Å². The van der Waals surface area contributed by atoms with Gasteiger partial charge in [-0.15, -0.1) is 0 Å². The summed E-state index contributed by atoms with van der Waals surface area (Å²) in [5.74, 6) is 0. The van der Waals surface area contributed by atoms with Gasteiger partial charge in [0.25, 0.3) is 0 Å². The van der Waals surface area contributed by atoms with Gasteiger partial charge in [0.1, 0.15) is 6.07 Å². The van der Waals surface area contributed by atoms with E-state index in [-0.39, 0.29) is 0 Å². The zero-order valence-electron chi connectivity index (χ0n) is 8.90. The van der Waals surface area contributed by atoms with E-state index in [0.717, 1.165) is 12.2 Å². The maximum atomic E-state index is 8.90. The highest BCUT2D eigenvalue weighted by Crippen LogP contribution is 2.31. The predicted molar refractivity (Wildman–Crippen MR) is 61.6 cm³/mol. The molecular weight excluding hydrogens is 186 g/mol. The monoisotopic (exact) mass is 201 g/mol. The quantitative estimate of drug-likeness (QED) is 0.708. The molecule has 0 bridgehead atoms. The van der Waals surface area contributed by atoms with E-state index in [0.29, 0.717) is 17.3 Å². The van der Waals surface area contributed by atoms with Gasteiger partial charge < -0.3 is 10.6 Å². The highest BCUT2D eigenvalue weighted by atomic mass is 15.2. The van der Waals surface area contributed by atoms with Crippen LogP contribution in [0.4, 0.5) is 11.4 Å². The molecule has 0 radical (unpaired) electrons. The third kappa shape index (κ3) is 1.63. The number of benzene rings is 1. The minimum Gasteiger partial charge on any atom is -0.396 e. The maximum absolute atomic E-state index is 8.90.